The van der Waals surface area contributed by atoms with Crippen LogP contribution in [0.25, 0.3) is 0 Å². The van der Waals surface area contributed by atoms with Gasteiger partial charge in [0, 0.05) is 25.8 Å². The smallest absolute Gasteiger partial charge is 0.230 e. The van der Waals surface area contributed by atoms with E-state index in [0.29, 0.717) is 0 Å². The molecule has 1 aromatic rings. The van der Waals surface area contributed by atoms with Crippen molar-refractivity contribution in [3.8, 4) is 5.75 Å². The number of benzene rings is 1. The van der Waals surface area contributed by atoms with Crippen LogP contribution >= 0.6 is 11.6 Å². The minimum absolute atomic E-state index is 0.270. The highest BCUT2D eigenvalue weighted by atomic mass is 35.5. The van der Waals surface area contributed by atoms with Crippen molar-refractivity contribution in [2.75, 3.05) is 25.6 Å². The second-order valence-electron chi connectivity index (χ2n) is 4.84. The van der Waals surface area contributed by atoms with Gasteiger partial charge in [-0.1, -0.05) is 6.07 Å². The quantitative estimate of drug-likeness (QED) is 0.758. The summed E-state index contributed by atoms with van der Waals surface area (Å²) in [5.74, 6) is 0.738. The number of rotatable bonds is 5. The van der Waals surface area contributed by atoms with Crippen molar-refractivity contribution >= 4 is 22.5 Å². The molecule has 0 aliphatic heterocycles. The van der Waals surface area contributed by atoms with Gasteiger partial charge in [0.15, 0.2) is 0 Å². The first-order chi connectivity index (χ1) is 7.83. The van der Waals surface area contributed by atoms with Gasteiger partial charge in [0.2, 0.25) is 5.24 Å². The number of hydrogen-bond acceptors (Lipinski definition) is 3. The van der Waals surface area contributed by atoms with E-state index in [4.69, 9.17) is 16.3 Å². The number of carbonyl (C=O) groups excluding carboxylic acids is 1. The van der Waals surface area contributed by atoms with Crippen LogP contribution < -0.4 is 9.64 Å². The Hall–Kier alpha value is -1.22. The summed E-state index contributed by atoms with van der Waals surface area (Å²) in [7, 11) is 3.93. The molecule has 0 bridgehead atoms. The average molecular weight is 256 g/mol. The van der Waals surface area contributed by atoms with E-state index in [-0.39, 0.29) is 11.8 Å². The molecule has 0 saturated carbocycles. The van der Waals surface area contributed by atoms with E-state index in [1.165, 1.54) is 0 Å². The zero-order valence-corrected chi connectivity index (χ0v) is 11.4. The molecule has 0 aliphatic rings. The van der Waals surface area contributed by atoms with Crippen molar-refractivity contribution in [3.63, 3.8) is 0 Å². The molecule has 0 atom stereocenters. The predicted molar refractivity (Wildman–Crippen MR) is 70.9 cm³/mol. The Morgan fingerprint density at radius 2 is 2.06 bits per heavy atom. The third-order valence-corrected chi connectivity index (χ3v) is 2.98. The molecule has 0 spiro atoms. The van der Waals surface area contributed by atoms with Gasteiger partial charge in [-0.15, -0.1) is 0 Å². The van der Waals surface area contributed by atoms with Crippen LogP contribution in [0.15, 0.2) is 24.3 Å². The first-order valence-corrected chi connectivity index (χ1v) is 5.81. The van der Waals surface area contributed by atoms with Crippen LogP contribution in [0.5, 0.6) is 5.75 Å². The molecule has 0 heterocycles. The van der Waals surface area contributed by atoms with E-state index in [0.717, 1.165) is 11.4 Å². The standard InChI is InChI=1S/C13H18ClNO2/c1-13(2,12(14)16)9-17-11-7-5-6-10(8-11)15(3)4/h5-8H,9H2,1-4H3. The monoisotopic (exact) mass is 255 g/mol. The predicted octanol–water partition coefficient (Wildman–Crippen LogP) is 2.92. The number of carbonyl (C=O) groups is 1. The second kappa shape index (κ2) is 5.41. The summed E-state index contributed by atoms with van der Waals surface area (Å²) < 4.78 is 5.59. The van der Waals surface area contributed by atoms with E-state index in [1.54, 1.807) is 13.8 Å². The number of nitrogens with zero attached hydrogens (tertiary/aromatic N) is 1. The Morgan fingerprint density at radius 1 is 1.41 bits per heavy atom. The fourth-order valence-electron chi connectivity index (χ4n) is 1.17. The van der Waals surface area contributed by atoms with Crippen LogP contribution in [0.4, 0.5) is 5.69 Å². The molecule has 4 heteroatoms. The number of anilines is 1. The molecule has 3 nitrogen and oxygen atoms in total. The van der Waals surface area contributed by atoms with Crippen LogP contribution in [0.3, 0.4) is 0 Å². The molecule has 1 rings (SSSR count). The molecule has 0 fully saturated rings. The maximum atomic E-state index is 11.1. The van der Waals surface area contributed by atoms with Crippen LogP contribution in [0, 0.1) is 5.41 Å². The highest BCUT2D eigenvalue weighted by molar-refractivity contribution is 6.64. The van der Waals surface area contributed by atoms with Gasteiger partial charge in [-0.05, 0) is 37.6 Å². The van der Waals surface area contributed by atoms with Gasteiger partial charge in [0.1, 0.15) is 12.4 Å². The Morgan fingerprint density at radius 3 is 2.59 bits per heavy atom. The van der Waals surface area contributed by atoms with Crippen molar-refractivity contribution < 1.29 is 9.53 Å². The van der Waals surface area contributed by atoms with E-state index in [1.807, 2.05) is 43.3 Å². The van der Waals surface area contributed by atoms with Crippen LogP contribution in [0.1, 0.15) is 13.8 Å². The molecule has 0 radical (unpaired) electrons. The summed E-state index contributed by atoms with van der Waals surface area (Å²) in [4.78, 5) is 13.1. The lowest BCUT2D eigenvalue weighted by atomic mass is 9.97. The fraction of sp³-hybridized carbons (Fsp3) is 0.462. The van der Waals surface area contributed by atoms with Crippen molar-refractivity contribution in [3.05, 3.63) is 24.3 Å². The average Bonchev–Trinajstić information content (AvgIpc) is 2.26. The molecule has 0 aliphatic carbocycles. The summed E-state index contributed by atoms with van der Waals surface area (Å²) in [6, 6.07) is 7.70. The fourth-order valence-corrected chi connectivity index (χ4v) is 1.23. The van der Waals surface area contributed by atoms with Crippen LogP contribution in [-0.4, -0.2) is 25.9 Å². The highest BCUT2D eigenvalue weighted by Gasteiger charge is 2.26. The van der Waals surface area contributed by atoms with Crippen molar-refractivity contribution in [1.29, 1.82) is 0 Å². The minimum atomic E-state index is -0.671. The number of hydrogen-bond donors (Lipinski definition) is 0. The van der Waals surface area contributed by atoms with Gasteiger partial charge in [-0.25, -0.2) is 0 Å². The molecule has 0 unspecified atom stereocenters. The van der Waals surface area contributed by atoms with E-state index in [9.17, 15) is 4.79 Å². The summed E-state index contributed by atoms with van der Waals surface area (Å²) in [6.45, 7) is 3.79. The maximum Gasteiger partial charge on any atom is 0.230 e. The van der Waals surface area contributed by atoms with Gasteiger partial charge in [-0.2, -0.15) is 0 Å². The zero-order chi connectivity index (χ0) is 13.1. The molecule has 0 N–H and O–H groups in total. The number of halogens is 1. The lowest BCUT2D eigenvalue weighted by molar-refractivity contribution is -0.120. The van der Waals surface area contributed by atoms with Gasteiger partial charge < -0.3 is 9.64 Å². The summed E-state index contributed by atoms with van der Waals surface area (Å²) in [6.07, 6.45) is 0. The molecule has 17 heavy (non-hydrogen) atoms. The van der Waals surface area contributed by atoms with Crippen molar-refractivity contribution in [2.45, 2.75) is 13.8 Å². The third kappa shape index (κ3) is 3.93. The molecule has 0 saturated heterocycles. The second-order valence-corrected chi connectivity index (χ2v) is 5.18. The lowest BCUT2D eigenvalue weighted by Crippen LogP contribution is -2.27. The maximum absolute atomic E-state index is 11.1. The van der Waals surface area contributed by atoms with Gasteiger partial charge >= 0.3 is 0 Å². The van der Waals surface area contributed by atoms with Gasteiger partial charge in [0.25, 0.3) is 0 Å². The summed E-state index contributed by atoms with van der Waals surface area (Å²) in [5, 5.41) is -0.388. The Bertz CT molecular complexity index is 402. The van der Waals surface area contributed by atoms with E-state index in [2.05, 4.69) is 0 Å². The normalized spacial score (nSPS) is 11.1. The van der Waals surface area contributed by atoms with Gasteiger partial charge in [0.05, 0.1) is 5.41 Å². The first kappa shape index (κ1) is 13.8. The lowest BCUT2D eigenvalue weighted by Gasteiger charge is -2.20. The van der Waals surface area contributed by atoms with Crippen molar-refractivity contribution in [1.82, 2.24) is 0 Å². The zero-order valence-electron chi connectivity index (χ0n) is 10.7. The molecule has 0 aromatic heterocycles. The molecular formula is C13H18ClNO2. The third-order valence-electron chi connectivity index (χ3n) is 2.47. The minimum Gasteiger partial charge on any atom is -0.492 e. The van der Waals surface area contributed by atoms with Crippen LogP contribution in [0.2, 0.25) is 0 Å². The Kier molecular flexibility index (Phi) is 4.40. The topological polar surface area (TPSA) is 29.5 Å². The largest absolute Gasteiger partial charge is 0.492 e. The Labute approximate surface area is 107 Å². The van der Waals surface area contributed by atoms with E-state index >= 15 is 0 Å². The SMILES string of the molecule is CN(C)c1cccc(OCC(C)(C)C(=O)Cl)c1. The Balaban J connectivity index is 2.70. The van der Waals surface area contributed by atoms with Crippen molar-refractivity contribution in [2.24, 2.45) is 5.41 Å². The molecule has 1 aromatic carbocycles. The van der Waals surface area contributed by atoms with Crippen LogP contribution in [-0.2, 0) is 4.79 Å². The summed E-state index contributed by atoms with van der Waals surface area (Å²) >= 11 is 5.49. The summed E-state index contributed by atoms with van der Waals surface area (Å²) in [5.41, 5.74) is 0.382. The molecule has 94 valence electrons. The molecule has 0 amide bonds. The first-order valence-electron chi connectivity index (χ1n) is 5.43. The van der Waals surface area contributed by atoms with Gasteiger partial charge in [-0.3, -0.25) is 4.79 Å². The van der Waals surface area contributed by atoms with E-state index < -0.39 is 5.41 Å². The molecular weight excluding hydrogens is 238 g/mol. The highest BCUT2D eigenvalue weighted by Crippen LogP contribution is 2.24. The number of ether oxygens (including phenoxy) is 1.